The summed E-state index contributed by atoms with van der Waals surface area (Å²) in [6.45, 7) is 0. The van der Waals surface area contributed by atoms with Gasteiger partial charge in [-0.25, -0.2) is 4.68 Å². The summed E-state index contributed by atoms with van der Waals surface area (Å²) in [4.78, 5) is 16.9. The third-order valence-electron chi connectivity index (χ3n) is 4.08. The highest BCUT2D eigenvalue weighted by atomic mass is 32.1. The number of hydrogen-bond acceptors (Lipinski definition) is 5. The average Bonchev–Trinajstić information content (AvgIpc) is 2.89. The van der Waals surface area contributed by atoms with Crippen LogP contribution in [0.25, 0.3) is 10.6 Å². The summed E-state index contributed by atoms with van der Waals surface area (Å²) >= 11 is 1.49. The first-order chi connectivity index (χ1) is 11.0. The molecule has 1 saturated carbocycles. The maximum absolute atomic E-state index is 11.2. The SMILES string of the molecule is Cn1nc(-c2ccc(C(N)=O)c(O)c2)sc1=NC1CCCCC1. The van der Waals surface area contributed by atoms with E-state index < -0.39 is 5.91 Å². The van der Waals surface area contributed by atoms with Crippen molar-refractivity contribution >= 4 is 17.2 Å². The molecule has 122 valence electrons. The molecule has 0 spiro atoms. The zero-order valence-electron chi connectivity index (χ0n) is 13.0. The van der Waals surface area contributed by atoms with E-state index in [9.17, 15) is 9.90 Å². The van der Waals surface area contributed by atoms with Crippen molar-refractivity contribution in [2.24, 2.45) is 17.8 Å². The number of amides is 1. The summed E-state index contributed by atoms with van der Waals surface area (Å²) in [5, 5.41) is 15.1. The van der Waals surface area contributed by atoms with E-state index >= 15 is 0 Å². The van der Waals surface area contributed by atoms with E-state index in [-0.39, 0.29) is 11.3 Å². The van der Waals surface area contributed by atoms with Crippen molar-refractivity contribution < 1.29 is 9.90 Å². The van der Waals surface area contributed by atoms with Gasteiger partial charge in [-0.2, -0.15) is 5.10 Å². The van der Waals surface area contributed by atoms with Crippen molar-refractivity contribution in [2.45, 2.75) is 38.1 Å². The summed E-state index contributed by atoms with van der Waals surface area (Å²) in [7, 11) is 1.87. The Hall–Kier alpha value is -2.15. The third-order valence-corrected chi connectivity index (χ3v) is 5.15. The van der Waals surface area contributed by atoms with Crippen LogP contribution in [0.4, 0.5) is 0 Å². The molecule has 3 N–H and O–H groups in total. The molecule has 3 rings (SSSR count). The number of rotatable bonds is 3. The second-order valence-corrected chi connectivity index (χ2v) is 6.79. The first-order valence-electron chi connectivity index (χ1n) is 7.76. The van der Waals surface area contributed by atoms with Crippen LogP contribution in [0.5, 0.6) is 5.75 Å². The Bertz CT molecular complexity index is 788. The molecule has 1 fully saturated rings. The molecule has 0 unspecified atom stereocenters. The Balaban J connectivity index is 1.92. The molecule has 1 amide bonds. The molecule has 1 aliphatic carbocycles. The minimum absolute atomic E-state index is 0.113. The van der Waals surface area contributed by atoms with Crippen molar-refractivity contribution in [3.8, 4) is 16.3 Å². The van der Waals surface area contributed by atoms with Gasteiger partial charge in [0.25, 0.3) is 5.91 Å². The fraction of sp³-hybridized carbons (Fsp3) is 0.438. The maximum atomic E-state index is 11.2. The normalized spacial score (nSPS) is 16.7. The third kappa shape index (κ3) is 3.44. The molecular weight excluding hydrogens is 312 g/mol. The number of phenols is 1. The molecule has 0 saturated heterocycles. The maximum Gasteiger partial charge on any atom is 0.252 e. The van der Waals surface area contributed by atoms with Crippen LogP contribution in [-0.2, 0) is 7.05 Å². The van der Waals surface area contributed by atoms with Gasteiger partial charge >= 0.3 is 0 Å². The first-order valence-corrected chi connectivity index (χ1v) is 8.57. The predicted octanol–water partition coefficient (Wildman–Crippen LogP) is 2.19. The number of aryl methyl sites for hydroxylation is 1. The average molecular weight is 332 g/mol. The fourth-order valence-corrected chi connectivity index (χ4v) is 3.77. The lowest BCUT2D eigenvalue weighted by atomic mass is 9.96. The van der Waals surface area contributed by atoms with Crippen LogP contribution in [0.15, 0.2) is 23.2 Å². The Morgan fingerprint density at radius 3 is 2.78 bits per heavy atom. The summed E-state index contributed by atoms with van der Waals surface area (Å²) in [6, 6.07) is 5.16. The molecular formula is C16H20N4O2S. The lowest BCUT2D eigenvalue weighted by Gasteiger charge is -2.16. The Labute approximate surface area is 138 Å². The van der Waals surface area contributed by atoms with Crippen LogP contribution in [0.2, 0.25) is 0 Å². The first kappa shape index (κ1) is 15.7. The number of aromatic nitrogens is 2. The van der Waals surface area contributed by atoms with Crippen molar-refractivity contribution in [3.63, 3.8) is 0 Å². The molecule has 0 aliphatic heterocycles. The molecule has 0 atom stereocenters. The van der Waals surface area contributed by atoms with E-state index in [1.54, 1.807) is 10.7 Å². The zero-order valence-corrected chi connectivity index (χ0v) is 13.8. The Kier molecular flexibility index (Phi) is 4.47. The van der Waals surface area contributed by atoms with Crippen LogP contribution >= 0.6 is 11.3 Å². The van der Waals surface area contributed by atoms with Gasteiger partial charge < -0.3 is 10.8 Å². The summed E-state index contributed by atoms with van der Waals surface area (Å²) < 4.78 is 1.77. The largest absolute Gasteiger partial charge is 0.507 e. The topological polar surface area (TPSA) is 93.5 Å². The fourth-order valence-electron chi connectivity index (χ4n) is 2.82. The van der Waals surface area contributed by atoms with Crippen LogP contribution in [-0.4, -0.2) is 26.8 Å². The number of carbonyl (C=O) groups excluding carboxylic acids is 1. The molecule has 7 heteroatoms. The van der Waals surface area contributed by atoms with Gasteiger partial charge in [0.1, 0.15) is 10.8 Å². The van der Waals surface area contributed by atoms with Crippen LogP contribution < -0.4 is 10.5 Å². The Morgan fingerprint density at radius 1 is 1.39 bits per heavy atom. The highest BCUT2D eigenvalue weighted by molar-refractivity contribution is 7.12. The van der Waals surface area contributed by atoms with E-state index in [0.29, 0.717) is 6.04 Å². The lowest BCUT2D eigenvalue weighted by Crippen LogP contribution is -2.18. The van der Waals surface area contributed by atoms with Crippen molar-refractivity contribution in [1.29, 1.82) is 0 Å². The summed E-state index contributed by atoms with van der Waals surface area (Å²) in [5.41, 5.74) is 6.07. The van der Waals surface area contributed by atoms with Gasteiger partial charge in [0.2, 0.25) is 4.80 Å². The van der Waals surface area contributed by atoms with E-state index in [1.807, 2.05) is 7.05 Å². The van der Waals surface area contributed by atoms with E-state index in [1.165, 1.54) is 42.7 Å². The van der Waals surface area contributed by atoms with Crippen LogP contribution in [0, 0.1) is 0 Å². The summed E-state index contributed by atoms with van der Waals surface area (Å²) in [6.07, 6.45) is 6.07. The van der Waals surface area contributed by atoms with Crippen molar-refractivity contribution in [2.75, 3.05) is 0 Å². The number of nitrogens with two attached hydrogens (primary N) is 1. The van der Waals surface area contributed by atoms with Crippen LogP contribution in [0.3, 0.4) is 0 Å². The molecule has 6 nitrogen and oxygen atoms in total. The van der Waals surface area contributed by atoms with Gasteiger partial charge in [0.15, 0.2) is 0 Å². The molecule has 1 aromatic heterocycles. The highest BCUT2D eigenvalue weighted by Gasteiger charge is 2.14. The van der Waals surface area contributed by atoms with Gasteiger partial charge in [0.05, 0.1) is 11.6 Å². The van der Waals surface area contributed by atoms with Gasteiger partial charge in [0, 0.05) is 12.6 Å². The zero-order chi connectivity index (χ0) is 16.4. The van der Waals surface area contributed by atoms with Gasteiger partial charge in [-0.15, -0.1) is 0 Å². The molecule has 23 heavy (non-hydrogen) atoms. The summed E-state index contributed by atoms with van der Waals surface area (Å²) in [5.74, 6) is -0.773. The second-order valence-electron chi connectivity index (χ2n) is 5.83. The number of primary amides is 1. The smallest absolute Gasteiger partial charge is 0.252 e. The second kappa shape index (κ2) is 6.54. The minimum atomic E-state index is -0.647. The number of nitrogens with zero attached hydrogens (tertiary/aromatic N) is 3. The van der Waals surface area contributed by atoms with Gasteiger partial charge in [-0.05, 0) is 25.0 Å². The number of carbonyl (C=O) groups is 1. The molecule has 1 heterocycles. The Morgan fingerprint density at radius 2 is 2.13 bits per heavy atom. The van der Waals surface area contributed by atoms with E-state index in [0.717, 1.165) is 28.2 Å². The molecule has 1 aliphatic rings. The number of benzene rings is 1. The lowest BCUT2D eigenvalue weighted by molar-refractivity contribution is 0.0998. The standard InChI is InChI=1S/C16H20N4O2S/c1-20-16(18-11-5-3-2-4-6-11)23-15(19-20)10-7-8-12(14(17)22)13(21)9-10/h7-9,11,21H,2-6H2,1H3,(H2,17,22). The predicted molar refractivity (Wildman–Crippen MR) is 89.1 cm³/mol. The highest BCUT2D eigenvalue weighted by Crippen LogP contribution is 2.26. The number of hydrogen-bond donors (Lipinski definition) is 2. The van der Waals surface area contributed by atoms with Gasteiger partial charge in [-0.3, -0.25) is 9.79 Å². The monoisotopic (exact) mass is 332 g/mol. The minimum Gasteiger partial charge on any atom is -0.507 e. The number of aromatic hydroxyl groups is 1. The van der Waals surface area contributed by atoms with E-state index in [4.69, 9.17) is 10.7 Å². The van der Waals surface area contributed by atoms with Crippen molar-refractivity contribution in [3.05, 3.63) is 28.6 Å². The molecule has 0 radical (unpaired) electrons. The van der Waals surface area contributed by atoms with Crippen molar-refractivity contribution in [1.82, 2.24) is 9.78 Å². The van der Waals surface area contributed by atoms with Crippen LogP contribution in [0.1, 0.15) is 42.5 Å². The quantitative estimate of drug-likeness (QED) is 0.902. The van der Waals surface area contributed by atoms with Gasteiger partial charge in [-0.1, -0.05) is 36.7 Å². The molecule has 1 aromatic carbocycles. The molecule has 2 aromatic rings. The van der Waals surface area contributed by atoms with E-state index in [2.05, 4.69) is 5.10 Å². The molecule has 0 bridgehead atoms.